The van der Waals surface area contributed by atoms with Crippen LogP contribution < -0.4 is 5.32 Å². The second-order valence-electron chi connectivity index (χ2n) is 3.47. The predicted octanol–water partition coefficient (Wildman–Crippen LogP) is 2.34. The van der Waals surface area contributed by atoms with Crippen LogP contribution in [0.2, 0.25) is 0 Å². The van der Waals surface area contributed by atoms with E-state index in [1.165, 1.54) is 0 Å². The number of halogens is 3. The maximum Gasteiger partial charge on any atom is 0.391 e. The molecule has 0 aliphatic carbocycles. The highest BCUT2D eigenvalue weighted by molar-refractivity contribution is 4.62. The molecule has 2 nitrogen and oxygen atoms in total. The minimum Gasteiger partial charge on any atom is -0.378 e. The molecule has 0 aromatic heterocycles. The Bertz CT molecular complexity index is 149. The molecule has 2 atom stereocenters. The fraction of sp³-hybridized carbons (Fsp3) is 1.00. The standard InChI is InChI=1S/C9H18F3NO/c1-7(13-3)6-8(2)14-5-4-9(10,11)12/h7-8,13H,4-6H2,1-3H3. The summed E-state index contributed by atoms with van der Waals surface area (Å²) in [7, 11) is 1.81. The van der Waals surface area contributed by atoms with Crippen LogP contribution in [0.5, 0.6) is 0 Å². The van der Waals surface area contributed by atoms with Gasteiger partial charge in [-0.1, -0.05) is 0 Å². The van der Waals surface area contributed by atoms with Gasteiger partial charge in [-0.2, -0.15) is 13.2 Å². The van der Waals surface area contributed by atoms with Gasteiger partial charge < -0.3 is 10.1 Å². The first-order chi connectivity index (χ1) is 6.35. The first kappa shape index (κ1) is 13.7. The molecule has 0 spiro atoms. The van der Waals surface area contributed by atoms with Gasteiger partial charge in [0.1, 0.15) is 0 Å². The molecule has 0 aromatic carbocycles. The second-order valence-corrected chi connectivity index (χ2v) is 3.47. The molecule has 0 saturated heterocycles. The molecule has 0 aliphatic rings. The lowest BCUT2D eigenvalue weighted by atomic mass is 10.1. The van der Waals surface area contributed by atoms with Crippen LogP contribution in [0.25, 0.3) is 0 Å². The van der Waals surface area contributed by atoms with Crippen LogP contribution in [-0.2, 0) is 4.74 Å². The number of alkyl halides is 3. The zero-order valence-electron chi connectivity index (χ0n) is 8.82. The summed E-state index contributed by atoms with van der Waals surface area (Å²) < 4.78 is 40.3. The number of hydrogen-bond acceptors (Lipinski definition) is 2. The van der Waals surface area contributed by atoms with Crippen LogP contribution in [0.15, 0.2) is 0 Å². The largest absolute Gasteiger partial charge is 0.391 e. The third kappa shape index (κ3) is 8.31. The van der Waals surface area contributed by atoms with Crippen molar-refractivity contribution < 1.29 is 17.9 Å². The SMILES string of the molecule is CNC(C)CC(C)OCCC(F)(F)F. The Hall–Kier alpha value is -0.290. The van der Waals surface area contributed by atoms with Gasteiger partial charge in [0.2, 0.25) is 0 Å². The van der Waals surface area contributed by atoms with E-state index in [4.69, 9.17) is 4.74 Å². The second kappa shape index (κ2) is 6.24. The lowest BCUT2D eigenvalue weighted by Gasteiger charge is -2.17. The molecular weight excluding hydrogens is 195 g/mol. The van der Waals surface area contributed by atoms with Crippen molar-refractivity contribution in [1.82, 2.24) is 5.32 Å². The molecular formula is C9H18F3NO. The van der Waals surface area contributed by atoms with Crippen LogP contribution in [0.3, 0.4) is 0 Å². The minimum absolute atomic E-state index is 0.139. The van der Waals surface area contributed by atoms with Crippen molar-refractivity contribution in [2.24, 2.45) is 0 Å². The first-order valence-corrected chi connectivity index (χ1v) is 4.70. The normalized spacial score (nSPS) is 16.7. The number of hydrogen-bond donors (Lipinski definition) is 1. The van der Waals surface area contributed by atoms with Crippen LogP contribution in [0, 0.1) is 0 Å². The molecule has 0 radical (unpaired) electrons. The van der Waals surface area contributed by atoms with E-state index in [0.29, 0.717) is 6.42 Å². The van der Waals surface area contributed by atoms with Gasteiger partial charge in [-0.3, -0.25) is 0 Å². The highest BCUT2D eigenvalue weighted by Gasteiger charge is 2.26. The predicted molar refractivity (Wildman–Crippen MR) is 49.2 cm³/mol. The van der Waals surface area contributed by atoms with Gasteiger partial charge in [-0.15, -0.1) is 0 Å². The van der Waals surface area contributed by atoms with E-state index in [9.17, 15) is 13.2 Å². The average Bonchev–Trinajstić information content (AvgIpc) is 2.01. The molecule has 0 heterocycles. The van der Waals surface area contributed by atoms with E-state index in [2.05, 4.69) is 5.32 Å². The Morgan fingerprint density at radius 2 is 1.86 bits per heavy atom. The van der Waals surface area contributed by atoms with E-state index < -0.39 is 12.6 Å². The average molecular weight is 213 g/mol. The Kier molecular flexibility index (Phi) is 6.11. The van der Waals surface area contributed by atoms with Gasteiger partial charge >= 0.3 is 6.18 Å². The van der Waals surface area contributed by atoms with Crippen molar-refractivity contribution in [2.75, 3.05) is 13.7 Å². The van der Waals surface area contributed by atoms with Crippen molar-refractivity contribution >= 4 is 0 Å². The fourth-order valence-electron chi connectivity index (χ4n) is 1.06. The molecule has 0 fully saturated rings. The first-order valence-electron chi connectivity index (χ1n) is 4.70. The molecule has 0 aliphatic heterocycles. The highest BCUT2D eigenvalue weighted by Crippen LogP contribution is 2.19. The third-order valence-corrected chi connectivity index (χ3v) is 1.97. The summed E-state index contributed by atoms with van der Waals surface area (Å²) in [5.74, 6) is 0. The van der Waals surface area contributed by atoms with Gasteiger partial charge in [0.05, 0.1) is 19.1 Å². The van der Waals surface area contributed by atoms with Crippen LogP contribution >= 0.6 is 0 Å². The summed E-state index contributed by atoms with van der Waals surface area (Å²) in [6.45, 7) is 3.49. The van der Waals surface area contributed by atoms with Gasteiger partial charge in [-0.25, -0.2) is 0 Å². The topological polar surface area (TPSA) is 21.3 Å². The maximum absolute atomic E-state index is 11.7. The summed E-state index contributed by atoms with van der Waals surface area (Å²) in [5.41, 5.74) is 0. The fourth-order valence-corrected chi connectivity index (χ4v) is 1.06. The van der Waals surface area contributed by atoms with Crippen LogP contribution in [0.1, 0.15) is 26.7 Å². The smallest absolute Gasteiger partial charge is 0.378 e. The van der Waals surface area contributed by atoms with E-state index in [0.717, 1.165) is 0 Å². The van der Waals surface area contributed by atoms with Crippen molar-refractivity contribution in [3.63, 3.8) is 0 Å². The van der Waals surface area contributed by atoms with E-state index in [1.807, 2.05) is 14.0 Å². The number of nitrogens with one attached hydrogen (secondary N) is 1. The summed E-state index contributed by atoms with van der Waals surface area (Å²) >= 11 is 0. The lowest BCUT2D eigenvalue weighted by molar-refractivity contribution is -0.148. The molecule has 2 unspecified atom stereocenters. The van der Waals surface area contributed by atoms with Crippen molar-refractivity contribution in [1.29, 1.82) is 0 Å². The summed E-state index contributed by atoms with van der Waals surface area (Å²) in [4.78, 5) is 0. The minimum atomic E-state index is -4.12. The monoisotopic (exact) mass is 213 g/mol. The molecule has 0 rings (SSSR count). The quantitative estimate of drug-likeness (QED) is 0.731. The summed E-state index contributed by atoms with van der Waals surface area (Å²) in [6.07, 6.45) is -4.41. The lowest BCUT2D eigenvalue weighted by Crippen LogP contribution is -2.27. The van der Waals surface area contributed by atoms with Crippen molar-refractivity contribution in [3.8, 4) is 0 Å². The summed E-state index contributed by atoms with van der Waals surface area (Å²) in [5, 5.41) is 3.00. The molecule has 14 heavy (non-hydrogen) atoms. The van der Waals surface area contributed by atoms with Crippen LogP contribution in [-0.4, -0.2) is 32.0 Å². The molecule has 5 heteroatoms. The Labute approximate surface area is 82.8 Å². The Morgan fingerprint density at radius 1 is 1.29 bits per heavy atom. The van der Waals surface area contributed by atoms with E-state index >= 15 is 0 Å². The molecule has 0 amide bonds. The van der Waals surface area contributed by atoms with Gasteiger partial charge in [0.25, 0.3) is 0 Å². The number of rotatable bonds is 6. The molecule has 0 aromatic rings. The van der Waals surface area contributed by atoms with Gasteiger partial charge in [0, 0.05) is 6.04 Å². The molecule has 0 saturated carbocycles. The Balaban J connectivity index is 3.49. The third-order valence-electron chi connectivity index (χ3n) is 1.97. The van der Waals surface area contributed by atoms with Gasteiger partial charge in [0.15, 0.2) is 0 Å². The van der Waals surface area contributed by atoms with Gasteiger partial charge in [-0.05, 0) is 27.3 Å². The van der Waals surface area contributed by atoms with Crippen molar-refractivity contribution in [3.05, 3.63) is 0 Å². The molecule has 1 N–H and O–H groups in total. The zero-order chi connectivity index (χ0) is 11.2. The Morgan fingerprint density at radius 3 is 2.29 bits per heavy atom. The maximum atomic E-state index is 11.7. The molecule has 0 bridgehead atoms. The summed E-state index contributed by atoms with van der Waals surface area (Å²) in [6, 6.07) is 0.260. The van der Waals surface area contributed by atoms with E-state index in [1.54, 1.807) is 6.92 Å². The van der Waals surface area contributed by atoms with Crippen LogP contribution in [0.4, 0.5) is 13.2 Å². The van der Waals surface area contributed by atoms with E-state index in [-0.39, 0.29) is 18.8 Å². The zero-order valence-corrected chi connectivity index (χ0v) is 8.82. The van der Waals surface area contributed by atoms with Crippen molar-refractivity contribution in [2.45, 2.75) is 45.0 Å². The highest BCUT2D eigenvalue weighted by atomic mass is 19.4. The number of ether oxygens (including phenoxy) is 1. The molecule has 86 valence electrons.